The average molecular weight is 292 g/mol. The molecule has 0 aliphatic carbocycles. The number of amides is 1. The molecule has 1 amide bonds. The summed E-state index contributed by atoms with van der Waals surface area (Å²) in [5.74, 6) is 1.12. The number of carbonyl (C=O) groups excluding carboxylic acids is 1. The maximum atomic E-state index is 11.6. The van der Waals surface area contributed by atoms with Crippen LogP contribution in [0.25, 0.3) is 0 Å². The largest absolute Gasteiger partial charge is 0.356 e. The molecule has 0 rings (SSSR count). The highest BCUT2D eigenvalue weighted by molar-refractivity contribution is 7.90. The van der Waals surface area contributed by atoms with Crippen LogP contribution in [0.1, 0.15) is 39.5 Å². The van der Waals surface area contributed by atoms with E-state index in [2.05, 4.69) is 19.2 Å². The normalized spacial score (nSPS) is 13.5. The lowest BCUT2D eigenvalue weighted by atomic mass is 9.88. The van der Waals surface area contributed by atoms with Crippen molar-refractivity contribution >= 4 is 15.7 Å². The lowest BCUT2D eigenvalue weighted by molar-refractivity contribution is -0.121. The summed E-state index contributed by atoms with van der Waals surface area (Å²) in [6.07, 6.45) is 3.95. The van der Waals surface area contributed by atoms with Gasteiger partial charge in [0.15, 0.2) is 0 Å². The van der Waals surface area contributed by atoms with Crippen LogP contribution in [-0.4, -0.2) is 39.4 Å². The van der Waals surface area contributed by atoms with Crippen LogP contribution in [0.15, 0.2) is 0 Å². The average Bonchev–Trinajstić information content (AvgIpc) is 2.28. The maximum Gasteiger partial charge on any atom is 0.220 e. The molecule has 5 nitrogen and oxygen atoms in total. The molecule has 19 heavy (non-hydrogen) atoms. The van der Waals surface area contributed by atoms with Gasteiger partial charge >= 0.3 is 0 Å². The number of rotatable bonds is 10. The molecular weight excluding hydrogens is 264 g/mol. The smallest absolute Gasteiger partial charge is 0.220 e. The van der Waals surface area contributed by atoms with Crippen molar-refractivity contribution < 1.29 is 13.2 Å². The van der Waals surface area contributed by atoms with Gasteiger partial charge < -0.3 is 11.1 Å². The van der Waals surface area contributed by atoms with Crippen molar-refractivity contribution in [2.75, 3.05) is 25.1 Å². The first kappa shape index (κ1) is 18.4. The standard InChI is InChI=1S/C13H28N2O3S/c1-11(2)12(7-8-14)5-6-13(16)15-9-4-10-19(3,17)18/h11-12H,4-10,14H2,1-3H3,(H,15,16). The first-order valence-electron chi connectivity index (χ1n) is 6.90. The van der Waals surface area contributed by atoms with Crippen LogP contribution >= 0.6 is 0 Å². The van der Waals surface area contributed by atoms with Gasteiger partial charge in [-0.25, -0.2) is 8.42 Å². The van der Waals surface area contributed by atoms with E-state index in [0.717, 1.165) is 12.8 Å². The predicted molar refractivity (Wildman–Crippen MR) is 78.6 cm³/mol. The van der Waals surface area contributed by atoms with Crippen molar-refractivity contribution in [2.24, 2.45) is 17.6 Å². The first-order chi connectivity index (χ1) is 8.76. The van der Waals surface area contributed by atoms with Crippen molar-refractivity contribution in [3.63, 3.8) is 0 Å². The molecule has 0 saturated heterocycles. The van der Waals surface area contributed by atoms with Crippen LogP contribution < -0.4 is 11.1 Å². The highest BCUT2D eigenvalue weighted by Gasteiger charge is 2.14. The molecule has 0 fully saturated rings. The molecule has 0 aliphatic rings. The van der Waals surface area contributed by atoms with Crippen molar-refractivity contribution in [3.8, 4) is 0 Å². The van der Waals surface area contributed by atoms with E-state index in [0.29, 0.717) is 37.8 Å². The second-order valence-corrected chi connectivity index (χ2v) is 7.71. The van der Waals surface area contributed by atoms with E-state index in [9.17, 15) is 13.2 Å². The lowest BCUT2D eigenvalue weighted by Crippen LogP contribution is -2.27. The van der Waals surface area contributed by atoms with Gasteiger partial charge in [0.2, 0.25) is 5.91 Å². The van der Waals surface area contributed by atoms with E-state index in [1.165, 1.54) is 6.26 Å². The molecule has 0 aliphatic heterocycles. The molecule has 3 N–H and O–H groups in total. The molecular formula is C13H28N2O3S. The van der Waals surface area contributed by atoms with Gasteiger partial charge in [-0.15, -0.1) is 0 Å². The second-order valence-electron chi connectivity index (χ2n) is 5.45. The fourth-order valence-electron chi connectivity index (χ4n) is 1.99. The number of carbonyl (C=O) groups is 1. The monoisotopic (exact) mass is 292 g/mol. The number of hydrogen-bond acceptors (Lipinski definition) is 4. The Kier molecular flexibility index (Phi) is 9.01. The van der Waals surface area contributed by atoms with Gasteiger partial charge in [0.25, 0.3) is 0 Å². The Morgan fingerprint density at radius 1 is 1.26 bits per heavy atom. The Hall–Kier alpha value is -0.620. The van der Waals surface area contributed by atoms with Crippen molar-refractivity contribution in [1.29, 1.82) is 0 Å². The van der Waals surface area contributed by atoms with Crippen LogP contribution in [-0.2, 0) is 14.6 Å². The molecule has 0 aromatic rings. The molecule has 1 unspecified atom stereocenters. The third-order valence-corrected chi connectivity index (χ3v) is 4.27. The van der Waals surface area contributed by atoms with E-state index < -0.39 is 9.84 Å². The molecule has 0 saturated carbocycles. The predicted octanol–water partition coefficient (Wildman–Crippen LogP) is 0.939. The summed E-state index contributed by atoms with van der Waals surface area (Å²) < 4.78 is 21.8. The van der Waals surface area contributed by atoms with Gasteiger partial charge in [-0.2, -0.15) is 0 Å². The van der Waals surface area contributed by atoms with Gasteiger partial charge in [0.05, 0.1) is 5.75 Å². The quantitative estimate of drug-likeness (QED) is 0.586. The maximum absolute atomic E-state index is 11.6. The van der Waals surface area contributed by atoms with E-state index in [-0.39, 0.29) is 11.7 Å². The Morgan fingerprint density at radius 2 is 1.89 bits per heavy atom. The number of sulfone groups is 1. The Balaban J connectivity index is 3.80. The lowest BCUT2D eigenvalue weighted by Gasteiger charge is -2.19. The molecule has 0 aromatic heterocycles. The number of nitrogens with two attached hydrogens (primary N) is 1. The summed E-state index contributed by atoms with van der Waals surface area (Å²) in [5, 5.41) is 2.76. The molecule has 0 heterocycles. The number of nitrogens with one attached hydrogen (secondary N) is 1. The summed E-state index contributed by atoms with van der Waals surface area (Å²) >= 11 is 0. The molecule has 114 valence electrons. The summed E-state index contributed by atoms with van der Waals surface area (Å²) in [4.78, 5) is 11.6. The van der Waals surface area contributed by atoms with Gasteiger partial charge in [-0.3, -0.25) is 4.79 Å². The summed E-state index contributed by atoms with van der Waals surface area (Å²) in [7, 11) is -2.93. The summed E-state index contributed by atoms with van der Waals surface area (Å²) in [6.45, 7) is 5.36. The minimum absolute atomic E-state index is 0.00354. The van der Waals surface area contributed by atoms with E-state index in [1.54, 1.807) is 0 Å². The minimum Gasteiger partial charge on any atom is -0.356 e. The fraction of sp³-hybridized carbons (Fsp3) is 0.923. The molecule has 1 atom stereocenters. The fourth-order valence-corrected chi connectivity index (χ4v) is 2.66. The minimum atomic E-state index is -2.93. The first-order valence-corrected chi connectivity index (χ1v) is 8.96. The van der Waals surface area contributed by atoms with Gasteiger partial charge in [-0.05, 0) is 37.6 Å². The zero-order valence-corrected chi connectivity index (χ0v) is 13.1. The summed E-state index contributed by atoms with van der Waals surface area (Å²) in [6, 6.07) is 0. The zero-order valence-electron chi connectivity index (χ0n) is 12.3. The third kappa shape index (κ3) is 10.9. The van der Waals surface area contributed by atoms with Crippen LogP contribution in [0.3, 0.4) is 0 Å². The Bertz CT molecular complexity index is 353. The zero-order chi connectivity index (χ0) is 14.9. The van der Waals surface area contributed by atoms with Crippen LogP contribution in [0.5, 0.6) is 0 Å². The SMILES string of the molecule is CC(C)C(CCN)CCC(=O)NCCCS(C)(=O)=O. The highest BCUT2D eigenvalue weighted by atomic mass is 32.2. The van der Waals surface area contributed by atoms with E-state index in [4.69, 9.17) is 5.73 Å². The highest BCUT2D eigenvalue weighted by Crippen LogP contribution is 2.20. The van der Waals surface area contributed by atoms with Crippen LogP contribution in [0.4, 0.5) is 0 Å². The number of hydrogen-bond donors (Lipinski definition) is 2. The van der Waals surface area contributed by atoms with Gasteiger partial charge in [0, 0.05) is 19.2 Å². The molecule has 0 radical (unpaired) electrons. The van der Waals surface area contributed by atoms with Crippen LogP contribution in [0, 0.1) is 11.8 Å². The van der Waals surface area contributed by atoms with Crippen molar-refractivity contribution in [3.05, 3.63) is 0 Å². The summed E-state index contributed by atoms with van der Waals surface area (Å²) in [5.41, 5.74) is 5.56. The van der Waals surface area contributed by atoms with Crippen molar-refractivity contribution in [1.82, 2.24) is 5.32 Å². The Labute approximate surface area is 117 Å². The van der Waals surface area contributed by atoms with Gasteiger partial charge in [0.1, 0.15) is 9.84 Å². The van der Waals surface area contributed by atoms with Crippen molar-refractivity contribution in [2.45, 2.75) is 39.5 Å². The Morgan fingerprint density at radius 3 is 2.37 bits per heavy atom. The van der Waals surface area contributed by atoms with Gasteiger partial charge in [-0.1, -0.05) is 13.8 Å². The van der Waals surface area contributed by atoms with Crippen LogP contribution in [0.2, 0.25) is 0 Å². The topological polar surface area (TPSA) is 89.3 Å². The third-order valence-electron chi connectivity index (χ3n) is 3.24. The molecule has 6 heteroatoms. The van der Waals surface area contributed by atoms with E-state index >= 15 is 0 Å². The molecule has 0 spiro atoms. The van der Waals surface area contributed by atoms with E-state index in [1.807, 2.05) is 0 Å². The second kappa shape index (κ2) is 9.31. The molecule has 0 bridgehead atoms. The molecule has 0 aromatic carbocycles.